The van der Waals surface area contributed by atoms with Crippen LogP contribution < -0.4 is 4.90 Å². The number of aromatic nitrogens is 2. The van der Waals surface area contributed by atoms with Crippen LogP contribution in [0.3, 0.4) is 0 Å². The monoisotopic (exact) mass is 349 g/mol. The second-order valence-electron chi connectivity index (χ2n) is 7.25. The molecule has 3 nitrogen and oxygen atoms in total. The largest absolute Gasteiger partial charge is 0.356 e. The summed E-state index contributed by atoms with van der Waals surface area (Å²) < 4.78 is 0. The molecule has 2 aliphatic carbocycles. The number of hydrogen-bond donors (Lipinski definition) is 0. The highest BCUT2D eigenvalue weighted by Gasteiger charge is 2.27. The first-order valence-electron chi connectivity index (χ1n) is 8.84. The Labute approximate surface area is 147 Å². The van der Waals surface area contributed by atoms with Crippen molar-refractivity contribution in [3.8, 4) is 0 Å². The molecule has 0 spiro atoms. The molecule has 0 bridgehead atoms. The number of aryl methyl sites for hydroxylation is 1. The van der Waals surface area contributed by atoms with Crippen LogP contribution in [0.4, 0.5) is 5.82 Å². The first-order valence-corrected chi connectivity index (χ1v) is 10.0. The fourth-order valence-corrected chi connectivity index (χ4v) is 5.79. The van der Waals surface area contributed by atoms with E-state index in [9.17, 15) is 0 Å². The van der Waals surface area contributed by atoms with Gasteiger partial charge in [0.05, 0.1) is 5.39 Å². The lowest BCUT2D eigenvalue weighted by atomic mass is 9.89. The molecule has 2 aliphatic rings. The molecule has 1 saturated carbocycles. The van der Waals surface area contributed by atoms with Crippen LogP contribution in [0.15, 0.2) is 0 Å². The third-order valence-electron chi connectivity index (χ3n) is 5.57. The predicted molar refractivity (Wildman–Crippen MR) is 98.9 cm³/mol. The van der Waals surface area contributed by atoms with Crippen LogP contribution in [0, 0.1) is 5.92 Å². The fraction of sp³-hybridized carbons (Fsp3) is 0.667. The predicted octanol–water partition coefficient (Wildman–Crippen LogP) is 5.24. The third-order valence-corrected chi connectivity index (χ3v) is 6.88. The highest BCUT2D eigenvalue weighted by molar-refractivity contribution is 7.19. The number of nitrogens with zero attached hydrogens (tertiary/aromatic N) is 3. The fourth-order valence-electron chi connectivity index (χ4n) is 4.19. The van der Waals surface area contributed by atoms with Gasteiger partial charge in [0, 0.05) is 18.0 Å². The van der Waals surface area contributed by atoms with Crippen molar-refractivity contribution in [2.45, 2.75) is 64.3 Å². The second kappa shape index (κ2) is 6.21. The van der Waals surface area contributed by atoms with Gasteiger partial charge in [0.1, 0.15) is 10.6 Å². The van der Waals surface area contributed by atoms with Gasteiger partial charge in [-0.1, -0.05) is 26.2 Å². The normalized spacial score (nSPS) is 22.3. The minimum Gasteiger partial charge on any atom is -0.356 e. The van der Waals surface area contributed by atoms with Gasteiger partial charge in [-0.15, -0.1) is 11.3 Å². The van der Waals surface area contributed by atoms with Crippen molar-refractivity contribution in [1.82, 2.24) is 9.97 Å². The van der Waals surface area contributed by atoms with E-state index >= 15 is 0 Å². The lowest BCUT2D eigenvalue weighted by Crippen LogP contribution is -2.34. The molecule has 23 heavy (non-hydrogen) atoms. The summed E-state index contributed by atoms with van der Waals surface area (Å²) >= 11 is 8.09. The molecular weight excluding hydrogens is 326 g/mol. The van der Waals surface area contributed by atoms with E-state index in [1.807, 2.05) is 11.3 Å². The topological polar surface area (TPSA) is 29.0 Å². The molecule has 1 atom stereocenters. The highest BCUT2D eigenvalue weighted by atomic mass is 35.5. The molecule has 0 N–H and O–H groups in total. The first kappa shape index (κ1) is 15.6. The maximum absolute atomic E-state index is 6.26. The molecule has 2 aromatic heterocycles. The molecule has 0 amide bonds. The quantitative estimate of drug-likeness (QED) is 0.694. The van der Waals surface area contributed by atoms with Gasteiger partial charge in [0.15, 0.2) is 0 Å². The summed E-state index contributed by atoms with van der Waals surface area (Å²) in [5.74, 6) is 1.84. The Kier molecular flexibility index (Phi) is 4.22. The van der Waals surface area contributed by atoms with Crippen LogP contribution >= 0.6 is 22.9 Å². The SMILES string of the molecule is CC1CCc2c(sc3nc(Cl)nc(N(C)C4CCCCC4)c23)C1. The Balaban J connectivity index is 1.81. The maximum Gasteiger partial charge on any atom is 0.225 e. The van der Waals surface area contributed by atoms with Crippen molar-refractivity contribution in [3.05, 3.63) is 15.7 Å². The minimum atomic E-state index is 0.391. The van der Waals surface area contributed by atoms with Crippen molar-refractivity contribution in [3.63, 3.8) is 0 Å². The zero-order valence-corrected chi connectivity index (χ0v) is 15.5. The van der Waals surface area contributed by atoms with Crippen LogP contribution in [0.5, 0.6) is 0 Å². The lowest BCUT2D eigenvalue weighted by Gasteiger charge is -2.32. The summed E-state index contributed by atoms with van der Waals surface area (Å²) in [6.07, 6.45) is 10.2. The standard InChI is InChI=1S/C18H24ClN3S/c1-11-8-9-13-14(10-11)23-17-15(13)16(20-18(19)21-17)22(2)12-6-4-3-5-7-12/h11-12H,3-10H2,1-2H3. The van der Waals surface area contributed by atoms with Crippen LogP contribution in [-0.2, 0) is 12.8 Å². The number of rotatable bonds is 2. The molecule has 0 saturated heterocycles. The molecule has 1 unspecified atom stereocenters. The van der Waals surface area contributed by atoms with Gasteiger partial charge < -0.3 is 4.90 Å². The smallest absolute Gasteiger partial charge is 0.225 e. The van der Waals surface area contributed by atoms with Crippen molar-refractivity contribution >= 4 is 39.0 Å². The van der Waals surface area contributed by atoms with Gasteiger partial charge >= 0.3 is 0 Å². The molecule has 1 fully saturated rings. The molecule has 0 aliphatic heterocycles. The van der Waals surface area contributed by atoms with E-state index in [2.05, 4.69) is 28.8 Å². The first-order chi connectivity index (χ1) is 11.1. The van der Waals surface area contributed by atoms with E-state index in [0.29, 0.717) is 11.3 Å². The lowest BCUT2D eigenvalue weighted by molar-refractivity contribution is 0.426. The summed E-state index contributed by atoms with van der Waals surface area (Å²) in [4.78, 5) is 14.2. The molecule has 5 heteroatoms. The maximum atomic E-state index is 6.26. The van der Waals surface area contributed by atoms with E-state index in [0.717, 1.165) is 23.0 Å². The molecule has 124 valence electrons. The van der Waals surface area contributed by atoms with Crippen LogP contribution in [0.2, 0.25) is 5.28 Å². The van der Waals surface area contributed by atoms with Gasteiger partial charge in [0.2, 0.25) is 5.28 Å². The summed E-state index contributed by atoms with van der Waals surface area (Å²) in [6, 6.07) is 0.594. The van der Waals surface area contributed by atoms with Crippen molar-refractivity contribution in [2.24, 2.45) is 5.92 Å². The van der Waals surface area contributed by atoms with Gasteiger partial charge in [-0.25, -0.2) is 4.98 Å². The average molecular weight is 350 g/mol. The Morgan fingerprint density at radius 3 is 2.70 bits per heavy atom. The summed E-state index contributed by atoms with van der Waals surface area (Å²) in [5.41, 5.74) is 1.50. The van der Waals surface area contributed by atoms with Gasteiger partial charge in [-0.2, -0.15) is 4.98 Å². The van der Waals surface area contributed by atoms with Crippen LogP contribution in [-0.4, -0.2) is 23.1 Å². The zero-order chi connectivity index (χ0) is 16.0. The number of thiophene rings is 1. The van der Waals surface area contributed by atoms with E-state index < -0.39 is 0 Å². The van der Waals surface area contributed by atoms with E-state index in [-0.39, 0.29) is 0 Å². The Morgan fingerprint density at radius 1 is 1.13 bits per heavy atom. The Morgan fingerprint density at radius 2 is 1.91 bits per heavy atom. The van der Waals surface area contributed by atoms with Crippen LogP contribution in [0.1, 0.15) is 55.9 Å². The van der Waals surface area contributed by atoms with Crippen molar-refractivity contribution in [2.75, 3.05) is 11.9 Å². The molecule has 4 rings (SSSR count). The molecular formula is C18H24ClN3S. The van der Waals surface area contributed by atoms with Crippen molar-refractivity contribution in [1.29, 1.82) is 0 Å². The van der Waals surface area contributed by atoms with E-state index in [4.69, 9.17) is 11.6 Å². The van der Waals surface area contributed by atoms with Gasteiger partial charge in [-0.3, -0.25) is 0 Å². The molecule has 2 aromatic rings. The number of halogens is 1. The number of anilines is 1. The number of fused-ring (bicyclic) bond motifs is 3. The summed E-state index contributed by atoms with van der Waals surface area (Å²) in [7, 11) is 2.20. The summed E-state index contributed by atoms with van der Waals surface area (Å²) in [6.45, 7) is 2.35. The molecule has 0 aromatic carbocycles. The Bertz CT molecular complexity index is 721. The molecule has 0 radical (unpaired) electrons. The van der Waals surface area contributed by atoms with Gasteiger partial charge in [0.25, 0.3) is 0 Å². The van der Waals surface area contributed by atoms with Crippen molar-refractivity contribution < 1.29 is 0 Å². The number of hydrogen-bond acceptors (Lipinski definition) is 4. The van der Waals surface area contributed by atoms with Crippen LogP contribution in [0.25, 0.3) is 10.2 Å². The third kappa shape index (κ3) is 2.85. The van der Waals surface area contributed by atoms with E-state index in [1.165, 1.54) is 60.8 Å². The van der Waals surface area contributed by atoms with Gasteiger partial charge in [-0.05, 0) is 55.2 Å². The zero-order valence-electron chi connectivity index (χ0n) is 13.9. The second-order valence-corrected chi connectivity index (χ2v) is 8.67. The Hall–Kier alpha value is -0.870. The minimum absolute atomic E-state index is 0.391. The highest BCUT2D eigenvalue weighted by Crippen LogP contribution is 2.42. The molecule has 2 heterocycles. The summed E-state index contributed by atoms with van der Waals surface area (Å²) in [5, 5.41) is 1.68. The average Bonchev–Trinajstić information content (AvgIpc) is 2.91. The van der Waals surface area contributed by atoms with E-state index in [1.54, 1.807) is 0 Å².